The van der Waals surface area contributed by atoms with Crippen molar-refractivity contribution in [2.75, 3.05) is 5.32 Å². The van der Waals surface area contributed by atoms with Gasteiger partial charge in [0.2, 0.25) is 0 Å². The number of hydrogen-bond acceptors (Lipinski definition) is 3. The smallest absolute Gasteiger partial charge is 0.276 e. The molecule has 0 aromatic heterocycles. The first-order valence-corrected chi connectivity index (χ1v) is 5.49. The van der Waals surface area contributed by atoms with Gasteiger partial charge in [-0.15, -0.1) is 0 Å². The Hall–Kier alpha value is -1.04. The van der Waals surface area contributed by atoms with Gasteiger partial charge < -0.3 is 5.32 Å². The molecule has 0 bridgehead atoms. The highest BCUT2D eigenvalue weighted by atomic mass is 35.6. The second kappa shape index (κ2) is 5.08. The maximum atomic E-state index is 11.4. The number of alkyl halides is 3. The fourth-order valence-corrected chi connectivity index (χ4v) is 1.29. The van der Waals surface area contributed by atoms with Gasteiger partial charge in [-0.05, 0) is 13.0 Å². The van der Waals surface area contributed by atoms with Crippen LogP contribution in [0.25, 0.3) is 0 Å². The monoisotopic (exact) mass is 296 g/mol. The maximum Gasteiger partial charge on any atom is 0.276 e. The molecule has 92 valence electrons. The molecule has 0 aliphatic heterocycles. The minimum atomic E-state index is -2.11. The number of hydrogen-bond donors (Lipinski definition) is 1. The molecule has 8 heteroatoms. The fraction of sp³-hybridized carbons (Fsp3) is 0.222. The van der Waals surface area contributed by atoms with Crippen LogP contribution in [0.4, 0.5) is 11.4 Å². The van der Waals surface area contributed by atoms with E-state index in [-0.39, 0.29) is 11.4 Å². The Labute approximate surface area is 112 Å². The number of carbonyl (C=O) groups is 1. The molecule has 0 spiro atoms. The number of nitrogens with zero attached hydrogens (tertiary/aromatic N) is 1. The summed E-state index contributed by atoms with van der Waals surface area (Å²) >= 11 is 16.1. The lowest BCUT2D eigenvalue weighted by atomic mass is 10.1. The van der Waals surface area contributed by atoms with Gasteiger partial charge in [-0.25, -0.2) is 0 Å². The third-order valence-corrected chi connectivity index (χ3v) is 2.52. The van der Waals surface area contributed by atoms with Crippen LogP contribution in [0.1, 0.15) is 5.56 Å². The van der Waals surface area contributed by atoms with E-state index in [1.165, 1.54) is 25.1 Å². The number of carbonyl (C=O) groups excluding carboxylic acids is 1. The van der Waals surface area contributed by atoms with Crippen LogP contribution < -0.4 is 5.32 Å². The molecule has 0 saturated carbocycles. The average Bonchev–Trinajstić information content (AvgIpc) is 2.19. The Balaban J connectivity index is 3.05. The van der Waals surface area contributed by atoms with Crippen LogP contribution in [0.5, 0.6) is 0 Å². The molecule has 0 atom stereocenters. The highest BCUT2D eigenvalue weighted by Crippen LogP contribution is 2.30. The first-order valence-electron chi connectivity index (χ1n) is 4.35. The fourth-order valence-electron chi connectivity index (χ4n) is 1.15. The van der Waals surface area contributed by atoms with Crippen LogP contribution in [0.3, 0.4) is 0 Å². The summed E-state index contributed by atoms with van der Waals surface area (Å²) in [5.41, 5.74) is 0.405. The lowest BCUT2D eigenvalue weighted by molar-refractivity contribution is -0.385. The van der Waals surface area contributed by atoms with E-state index in [4.69, 9.17) is 34.8 Å². The molecule has 17 heavy (non-hydrogen) atoms. The van der Waals surface area contributed by atoms with Crippen LogP contribution >= 0.6 is 34.8 Å². The molecule has 0 aliphatic carbocycles. The highest BCUT2D eigenvalue weighted by Gasteiger charge is 2.31. The van der Waals surface area contributed by atoms with Crippen LogP contribution in [-0.2, 0) is 4.79 Å². The number of nitrogens with one attached hydrogen (secondary N) is 1. The lowest BCUT2D eigenvalue weighted by Gasteiger charge is -2.12. The van der Waals surface area contributed by atoms with Gasteiger partial charge in [0.25, 0.3) is 15.4 Å². The van der Waals surface area contributed by atoms with Crippen molar-refractivity contribution < 1.29 is 9.72 Å². The largest absolute Gasteiger partial charge is 0.322 e. The molecule has 0 heterocycles. The van der Waals surface area contributed by atoms with Gasteiger partial charge in [0.15, 0.2) is 0 Å². The van der Waals surface area contributed by atoms with E-state index in [9.17, 15) is 14.9 Å². The van der Waals surface area contributed by atoms with E-state index in [1.54, 1.807) is 0 Å². The Morgan fingerprint density at radius 3 is 2.47 bits per heavy atom. The standard InChI is InChI=1S/C9H7Cl3N2O3/c1-5-6(13-8(15)9(10,11)12)3-2-4-7(5)14(16)17/h2-4H,1H3,(H,13,15). The predicted octanol–water partition coefficient (Wildman–Crippen LogP) is 3.21. The van der Waals surface area contributed by atoms with Crippen LogP contribution in [-0.4, -0.2) is 14.6 Å². The molecule has 0 saturated heterocycles. The van der Waals surface area contributed by atoms with Gasteiger partial charge in [-0.1, -0.05) is 40.9 Å². The quantitative estimate of drug-likeness (QED) is 0.517. The number of benzene rings is 1. The molecular formula is C9H7Cl3N2O3. The summed E-state index contributed by atoms with van der Waals surface area (Å²) in [6, 6.07) is 4.23. The van der Waals surface area contributed by atoms with Crippen molar-refractivity contribution >= 4 is 52.1 Å². The van der Waals surface area contributed by atoms with Gasteiger partial charge in [0.05, 0.1) is 16.2 Å². The van der Waals surface area contributed by atoms with Crippen molar-refractivity contribution in [3.63, 3.8) is 0 Å². The zero-order valence-corrected chi connectivity index (χ0v) is 10.8. The number of rotatable bonds is 2. The number of nitro benzene ring substituents is 1. The molecule has 1 amide bonds. The van der Waals surface area contributed by atoms with Crippen LogP contribution in [0, 0.1) is 17.0 Å². The summed E-state index contributed by atoms with van der Waals surface area (Å²) in [4.78, 5) is 21.5. The predicted molar refractivity (Wildman–Crippen MR) is 66.8 cm³/mol. The van der Waals surface area contributed by atoms with Gasteiger partial charge >= 0.3 is 0 Å². The summed E-state index contributed by atoms with van der Waals surface area (Å²) in [5, 5.41) is 13.0. The molecule has 1 rings (SSSR count). The first kappa shape index (κ1) is 14.0. The first-order chi connectivity index (χ1) is 7.73. The van der Waals surface area contributed by atoms with Crippen LogP contribution in [0.15, 0.2) is 18.2 Å². The molecule has 1 N–H and O–H groups in total. The van der Waals surface area contributed by atoms with Gasteiger partial charge in [-0.2, -0.15) is 0 Å². The lowest BCUT2D eigenvalue weighted by Crippen LogP contribution is -2.27. The summed E-state index contributed by atoms with van der Waals surface area (Å²) < 4.78 is -2.11. The number of nitro groups is 1. The summed E-state index contributed by atoms with van der Waals surface area (Å²) in [6.45, 7) is 1.49. The van der Waals surface area contributed by atoms with Crippen molar-refractivity contribution in [2.24, 2.45) is 0 Å². The van der Waals surface area contributed by atoms with E-state index in [0.29, 0.717) is 5.56 Å². The van der Waals surface area contributed by atoms with E-state index in [0.717, 1.165) is 0 Å². The Morgan fingerprint density at radius 1 is 1.41 bits per heavy atom. The van der Waals surface area contributed by atoms with Crippen molar-refractivity contribution in [1.82, 2.24) is 0 Å². The van der Waals surface area contributed by atoms with Crippen molar-refractivity contribution in [1.29, 1.82) is 0 Å². The summed E-state index contributed by atoms with van der Waals surface area (Å²) in [7, 11) is 0. The summed E-state index contributed by atoms with van der Waals surface area (Å²) in [5.74, 6) is -0.869. The van der Waals surface area contributed by atoms with E-state index in [1.807, 2.05) is 0 Å². The molecule has 0 fully saturated rings. The van der Waals surface area contributed by atoms with Crippen molar-refractivity contribution in [3.05, 3.63) is 33.9 Å². The Morgan fingerprint density at radius 2 is 2.00 bits per heavy atom. The van der Waals surface area contributed by atoms with Crippen LogP contribution in [0.2, 0.25) is 0 Å². The van der Waals surface area contributed by atoms with E-state index >= 15 is 0 Å². The highest BCUT2D eigenvalue weighted by molar-refractivity contribution is 6.76. The van der Waals surface area contributed by atoms with Crippen molar-refractivity contribution in [2.45, 2.75) is 10.7 Å². The zero-order chi connectivity index (χ0) is 13.2. The van der Waals surface area contributed by atoms with Gasteiger partial charge in [0.1, 0.15) is 0 Å². The normalized spacial score (nSPS) is 11.1. The molecule has 1 aromatic rings. The minimum Gasteiger partial charge on any atom is -0.322 e. The third-order valence-electron chi connectivity index (χ3n) is 2.01. The van der Waals surface area contributed by atoms with E-state index < -0.39 is 14.6 Å². The molecule has 1 aromatic carbocycles. The summed E-state index contributed by atoms with van der Waals surface area (Å²) in [6.07, 6.45) is 0. The van der Waals surface area contributed by atoms with E-state index in [2.05, 4.69) is 5.32 Å². The minimum absolute atomic E-state index is 0.118. The van der Waals surface area contributed by atoms with Gasteiger partial charge in [0, 0.05) is 6.07 Å². The average molecular weight is 298 g/mol. The molecule has 5 nitrogen and oxygen atoms in total. The SMILES string of the molecule is Cc1c(NC(=O)C(Cl)(Cl)Cl)cccc1[N+](=O)[O-]. The van der Waals surface area contributed by atoms with Gasteiger partial charge in [-0.3, -0.25) is 14.9 Å². The Kier molecular flexibility index (Phi) is 4.19. The molecular weight excluding hydrogens is 290 g/mol. The number of halogens is 3. The maximum absolute atomic E-state index is 11.4. The second-order valence-corrected chi connectivity index (χ2v) is 5.44. The molecule has 0 unspecified atom stereocenters. The third kappa shape index (κ3) is 3.46. The Bertz CT molecular complexity index is 471. The zero-order valence-electron chi connectivity index (χ0n) is 8.54. The number of amides is 1. The molecule has 0 radical (unpaired) electrons. The number of anilines is 1. The second-order valence-electron chi connectivity index (χ2n) is 3.16. The topological polar surface area (TPSA) is 72.2 Å². The molecule has 0 aliphatic rings. The van der Waals surface area contributed by atoms with Crippen molar-refractivity contribution in [3.8, 4) is 0 Å².